The van der Waals surface area contributed by atoms with Crippen LogP contribution in [0.3, 0.4) is 0 Å². The lowest BCUT2D eigenvalue weighted by Gasteiger charge is -2.20. The van der Waals surface area contributed by atoms with Crippen molar-refractivity contribution in [2.75, 3.05) is 31.7 Å². The topological polar surface area (TPSA) is 62.7 Å². The number of rotatable bonds is 6. The number of carboxylic acid groups (broad SMARTS) is 1. The zero-order valence-electron chi connectivity index (χ0n) is 10.4. The van der Waals surface area contributed by atoms with E-state index < -0.39 is 5.97 Å². The molecule has 0 amide bonds. The summed E-state index contributed by atoms with van der Waals surface area (Å²) in [5.41, 5.74) is 0.970. The highest BCUT2D eigenvalue weighted by Gasteiger charge is 2.17. The number of hydrogen-bond acceptors (Lipinski definition) is 4. The molecule has 0 saturated carbocycles. The van der Waals surface area contributed by atoms with Gasteiger partial charge in [0.1, 0.15) is 11.4 Å². The molecular weight excluding hydrogens is 220 g/mol. The fraction of sp³-hybridized carbons (Fsp3) is 0.500. The highest BCUT2D eigenvalue weighted by Crippen LogP contribution is 2.19. The number of carboxylic acids is 1. The molecule has 17 heavy (non-hydrogen) atoms. The minimum absolute atomic E-state index is 0.256. The van der Waals surface area contributed by atoms with Gasteiger partial charge in [-0.25, -0.2) is 9.78 Å². The standard InChI is InChI=1S/C12H18N2O3/c1-4-17-8-7-14(3)11-10(12(15)16)9(2)5-6-13-11/h5-6H,4,7-8H2,1-3H3,(H,15,16). The molecule has 0 fully saturated rings. The van der Waals surface area contributed by atoms with E-state index in [2.05, 4.69) is 4.98 Å². The van der Waals surface area contributed by atoms with E-state index in [1.165, 1.54) is 0 Å². The lowest BCUT2D eigenvalue weighted by molar-refractivity contribution is 0.0696. The Balaban J connectivity index is 2.89. The Kier molecular flexibility index (Phi) is 4.90. The number of anilines is 1. The summed E-state index contributed by atoms with van der Waals surface area (Å²) in [6.45, 7) is 5.52. The van der Waals surface area contributed by atoms with Gasteiger partial charge in [-0.1, -0.05) is 0 Å². The van der Waals surface area contributed by atoms with Gasteiger partial charge in [0.05, 0.1) is 6.61 Å². The van der Waals surface area contributed by atoms with Gasteiger partial charge in [0.25, 0.3) is 0 Å². The molecular formula is C12H18N2O3. The Morgan fingerprint density at radius 1 is 1.59 bits per heavy atom. The Morgan fingerprint density at radius 2 is 2.29 bits per heavy atom. The second kappa shape index (κ2) is 6.20. The lowest BCUT2D eigenvalue weighted by Crippen LogP contribution is -2.26. The van der Waals surface area contributed by atoms with E-state index >= 15 is 0 Å². The van der Waals surface area contributed by atoms with Crippen LogP contribution in [0, 0.1) is 6.92 Å². The second-order valence-corrected chi connectivity index (χ2v) is 3.75. The minimum Gasteiger partial charge on any atom is -0.478 e. The van der Waals surface area contributed by atoms with E-state index in [1.807, 2.05) is 14.0 Å². The van der Waals surface area contributed by atoms with Crippen LogP contribution in [0.1, 0.15) is 22.8 Å². The maximum absolute atomic E-state index is 11.2. The van der Waals surface area contributed by atoms with Gasteiger partial charge in [-0.3, -0.25) is 0 Å². The molecule has 0 aromatic carbocycles. The molecule has 1 aromatic rings. The van der Waals surface area contributed by atoms with Crippen molar-refractivity contribution < 1.29 is 14.6 Å². The summed E-state index contributed by atoms with van der Waals surface area (Å²) in [7, 11) is 1.81. The third-order valence-electron chi connectivity index (χ3n) is 2.49. The molecule has 0 atom stereocenters. The molecule has 0 radical (unpaired) electrons. The van der Waals surface area contributed by atoms with Crippen LogP contribution in [-0.2, 0) is 4.74 Å². The number of aromatic carboxylic acids is 1. The van der Waals surface area contributed by atoms with Crippen LogP contribution in [0.4, 0.5) is 5.82 Å². The van der Waals surface area contributed by atoms with Crippen LogP contribution < -0.4 is 4.90 Å². The van der Waals surface area contributed by atoms with Crippen molar-refractivity contribution >= 4 is 11.8 Å². The molecule has 1 aromatic heterocycles. The average Bonchev–Trinajstić information content (AvgIpc) is 2.28. The largest absolute Gasteiger partial charge is 0.478 e. The van der Waals surface area contributed by atoms with Gasteiger partial charge in [0.15, 0.2) is 0 Å². The molecule has 1 heterocycles. The van der Waals surface area contributed by atoms with Crippen molar-refractivity contribution in [1.29, 1.82) is 0 Å². The highest BCUT2D eigenvalue weighted by atomic mass is 16.5. The molecule has 94 valence electrons. The lowest BCUT2D eigenvalue weighted by atomic mass is 10.1. The first-order valence-electron chi connectivity index (χ1n) is 5.55. The second-order valence-electron chi connectivity index (χ2n) is 3.75. The number of aromatic nitrogens is 1. The summed E-state index contributed by atoms with van der Waals surface area (Å²) in [5.74, 6) is -0.467. The van der Waals surface area contributed by atoms with Crippen LogP contribution in [0.2, 0.25) is 0 Å². The molecule has 1 rings (SSSR count). The van der Waals surface area contributed by atoms with Gasteiger partial charge in [-0.15, -0.1) is 0 Å². The maximum atomic E-state index is 11.2. The first kappa shape index (κ1) is 13.4. The number of pyridine rings is 1. The van der Waals surface area contributed by atoms with Crippen molar-refractivity contribution in [2.45, 2.75) is 13.8 Å². The van der Waals surface area contributed by atoms with Crippen LogP contribution in [0.25, 0.3) is 0 Å². The molecule has 0 aliphatic carbocycles. The molecule has 0 unspecified atom stereocenters. The van der Waals surface area contributed by atoms with Crippen molar-refractivity contribution in [1.82, 2.24) is 4.98 Å². The fourth-order valence-corrected chi connectivity index (χ4v) is 1.55. The molecule has 0 aliphatic heterocycles. The molecule has 0 spiro atoms. The Hall–Kier alpha value is -1.62. The van der Waals surface area contributed by atoms with Crippen LogP contribution in [-0.4, -0.2) is 42.9 Å². The van der Waals surface area contributed by atoms with Crippen LogP contribution >= 0.6 is 0 Å². The zero-order chi connectivity index (χ0) is 12.8. The van der Waals surface area contributed by atoms with Gasteiger partial charge in [0.2, 0.25) is 0 Å². The van der Waals surface area contributed by atoms with E-state index in [0.29, 0.717) is 31.1 Å². The monoisotopic (exact) mass is 238 g/mol. The van der Waals surface area contributed by atoms with Crippen molar-refractivity contribution in [3.8, 4) is 0 Å². The smallest absolute Gasteiger partial charge is 0.339 e. The third-order valence-corrected chi connectivity index (χ3v) is 2.49. The SMILES string of the molecule is CCOCCN(C)c1nccc(C)c1C(=O)O. The van der Waals surface area contributed by atoms with Gasteiger partial charge < -0.3 is 14.7 Å². The normalized spacial score (nSPS) is 10.3. The van der Waals surface area contributed by atoms with E-state index in [-0.39, 0.29) is 5.56 Å². The Morgan fingerprint density at radius 3 is 2.88 bits per heavy atom. The summed E-state index contributed by atoms with van der Waals surface area (Å²) in [5, 5.41) is 9.17. The number of carbonyl (C=O) groups is 1. The van der Waals surface area contributed by atoms with Gasteiger partial charge in [-0.2, -0.15) is 0 Å². The van der Waals surface area contributed by atoms with Crippen LogP contribution in [0.15, 0.2) is 12.3 Å². The highest BCUT2D eigenvalue weighted by molar-refractivity contribution is 5.94. The zero-order valence-corrected chi connectivity index (χ0v) is 10.4. The van der Waals surface area contributed by atoms with Crippen molar-refractivity contribution in [3.63, 3.8) is 0 Å². The molecule has 0 saturated heterocycles. The predicted octanol–water partition coefficient (Wildman–Crippen LogP) is 1.56. The maximum Gasteiger partial charge on any atom is 0.339 e. The summed E-state index contributed by atoms with van der Waals surface area (Å²) >= 11 is 0. The molecule has 0 bridgehead atoms. The Labute approximate surface area is 101 Å². The van der Waals surface area contributed by atoms with E-state index in [4.69, 9.17) is 9.84 Å². The number of ether oxygens (including phenoxy) is 1. The minimum atomic E-state index is -0.950. The number of likely N-dealkylation sites (N-methyl/N-ethyl adjacent to an activating group) is 1. The number of hydrogen-bond donors (Lipinski definition) is 1. The first-order valence-corrected chi connectivity index (χ1v) is 5.55. The van der Waals surface area contributed by atoms with Crippen molar-refractivity contribution in [3.05, 3.63) is 23.4 Å². The summed E-state index contributed by atoms with van der Waals surface area (Å²) < 4.78 is 5.24. The summed E-state index contributed by atoms with van der Waals surface area (Å²) in [6, 6.07) is 1.70. The summed E-state index contributed by atoms with van der Waals surface area (Å²) in [4.78, 5) is 17.1. The van der Waals surface area contributed by atoms with Crippen molar-refractivity contribution in [2.24, 2.45) is 0 Å². The van der Waals surface area contributed by atoms with Gasteiger partial charge in [-0.05, 0) is 25.5 Å². The molecule has 1 N–H and O–H groups in total. The molecule has 5 nitrogen and oxygen atoms in total. The number of aryl methyl sites for hydroxylation is 1. The fourth-order valence-electron chi connectivity index (χ4n) is 1.55. The van der Waals surface area contributed by atoms with E-state index in [1.54, 1.807) is 24.1 Å². The first-order chi connectivity index (χ1) is 8.07. The average molecular weight is 238 g/mol. The summed E-state index contributed by atoms with van der Waals surface area (Å²) in [6.07, 6.45) is 1.62. The van der Waals surface area contributed by atoms with Crippen LogP contribution in [0.5, 0.6) is 0 Å². The third kappa shape index (κ3) is 3.42. The Bertz CT molecular complexity index is 393. The molecule has 0 aliphatic rings. The van der Waals surface area contributed by atoms with Gasteiger partial charge in [0, 0.05) is 26.4 Å². The number of nitrogens with zero attached hydrogens (tertiary/aromatic N) is 2. The van der Waals surface area contributed by atoms with E-state index in [9.17, 15) is 4.79 Å². The van der Waals surface area contributed by atoms with E-state index in [0.717, 1.165) is 0 Å². The predicted molar refractivity (Wildman–Crippen MR) is 65.7 cm³/mol. The molecule has 5 heteroatoms. The quantitative estimate of drug-likeness (QED) is 0.762. The van der Waals surface area contributed by atoms with Gasteiger partial charge >= 0.3 is 5.97 Å².